The first-order valence-electron chi connectivity index (χ1n) is 4.74. The van der Waals surface area contributed by atoms with Crippen molar-refractivity contribution in [2.45, 2.75) is 0 Å². The molecule has 0 heterocycles. The molecule has 2 N–H and O–H groups in total. The Morgan fingerprint density at radius 3 is 2.47 bits per heavy atom. The Kier molecular flexibility index (Phi) is 2.91. The average molecular weight is 239 g/mol. The molecule has 2 aromatic carbocycles. The van der Waals surface area contributed by atoms with E-state index in [-0.39, 0.29) is 17.2 Å². The summed E-state index contributed by atoms with van der Waals surface area (Å²) in [5, 5.41) is 0. The minimum atomic E-state index is -1.16. The number of nitrogens with two attached hydrogens (primary N) is 1. The molecule has 0 aliphatic heterocycles. The van der Waals surface area contributed by atoms with Crippen molar-refractivity contribution >= 4 is 5.69 Å². The summed E-state index contributed by atoms with van der Waals surface area (Å²) in [6.45, 7) is 0. The van der Waals surface area contributed by atoms with Crippen molar-refractivity contribution < 1.29 is 17.9 Å². The molecule has 5 heteroatoms. The lowest BCUT2D eigenvalue weighted by Gasteiger charge is -2.08. The zero-order valence-electron chi connectivity index (χ0n) is 8.58. The van der Waals surface area contributed by atoms with Crippen LogP contribution in [0, 0.1) is 17.5 Å². The summed E-state index contributed by atoms with van der Waals surface area (Å²) in [4.78, 5) is 0. The lowest BCUT2D eigenvalue weighted by Crippen LogP contribution is -1.95. The van der Waals surface area contributed by atoms with Crippen LogP contribution in [0.15, 0.2) is 36.4 Å². The highest BCUT2D eigenvalue weighted by Gasteiger charge is 2.12. The van der Waals surface area contributed by atoms with Crippen molar-refractivity contribution in [1.29, 1.82) is 0 Å². The maximum atomic E-state index is 13.3. The summed E-state index contributed by atoms with van der Waals surface area (Å²) in [6.07, 6.45) is 0. The fraction of sp³-hybridized carbons (Fsp3) is 0. The Morgan fingerprint density at radius 2 is 1.76 bits per heavy atom. The Morgan fingerprint density at radius 1 is 1.00 bits per heavy atom. The van der Waals surface area contributed by atoms with Crippen molar-refractivity contribution in [3.05, 3.63) is 53.8 Å². The largest absolute Gasteiger partial charge is 0.454 e. The van der Waals surface area contributed by atoms with Gasteiger partial charge in [0.2, 0.25) is 5.82 Å². The van der Waals surface area contributed by atoms with Crippen molar-refractivity contribution in [2.24, 2.45) is 0 Å². The molecule has 0 saturated carbocycles. The van der Waals surface area contributed by atoms with Crippen molar-refractivity contribution in [3.63, 3.8) is 0 Å². The summed E-state index contributed by atoms with van der Waals surface area (Å²) in [5.74, 6) is -3.13. The molecule has 88 valence electrons. The van der Waals surface area contributed by atoms with Crippen LogP contribution in [0.1, 0.15) is 0 Å². The predicted octanol–water partition coefficient (Wildman–Crippen LogP) is 3.48. The van der Waals surface area contributed by atoms with E-state index in [9.17, 15) is 13.2 Å². The Balaban J connectivity index is 2.36. The van der Waals surface area contributed by atoms with E-state index in [0.29, 0.717) is 0 Å². The van der Waals surface area contributed by atoms with E-state index < -0.39 is 17.5 Å². The standard InChI is InChI=1S/C12H8F3NO/c13-7-2-1-3-9(4-7)17-11-6-8(16)5-10(14)12(11)15/h1-6H,16H2. The van der Waals surface area contributed by atoms with Gasteiger partial charge in [-0.3, -0.25) is 0 Å². The minimum Gasteiger partial charge on any atom is -0.454 e. The molecule has 2 nitrogen and oxygen atoms in total. The zero-order chi connectivity index (χ0) is 12.4. The highest BCUT2D eigenvalue weighted by molar-refractivity contribution is 5.46. The van der Waals surface area contributed by atoms with Gasteiger partial charge in [-0.25, -0.2) is 8.78 Å². The molecule has 0 amide bonds. The summed E-state index contributed by atoms with van der Waals surface area (Å²) >= 11 is 0. The SMILES string of the molecule is Nc1cc(F)c(F)c(Oc2cccc(F)c2)c1. The molecule has 0 radical (unpaired) electrons. The molecule has 0 saturated heterocycles. The normalized spacial score (nSPS) is 10.3. The van der Waals surface area contributed by atoms with Gasteiger partial charge in [-0.2, -0.15) is 4.39 Å². The van der Waals surface area contributed by atoms with Crippen LogP contribution in [-0.2, 0) is 0 Å². The number of rotatable bonds is 2. The van der Waals surface area contributed by atoms with E-state index in [2.05, 4.69) is 0 Å². The lowest BCUT2D eigenvalue weighted by molar-refractivity contribution is 0.414. The van der Waals surface area contributed by atoms with Crippen LogP contribution in [0.25, 0.3) is 0 Å². The third kappa shape index (κ3) is 2.50. The van der Waals surface area contributed by atoms with E-state index in [1.54, 1.807) is 0 Å². The van der Waals surface area contributed by atoms with Gasteiger partial charge < -0.3 is 10.5 Å². The Labute approximate surface area is 95.4 Å². The highest BCUT2D eigenvalue weighted by Crippen LogP contribution is 2.28. The van der Waals surface area contributed by atoms with E-state index in [1.807, 2.05) is 0 Å². The minimum absolute atomic E-state index is 0.0234. The fourth-order valence-electron chi connectivity index (χ4n) is 1.32. The zero-order valence-corrected chi connectivity index (χ0v) is 8.58. The van der Waals surface area contributed by atoms with Gasteiger partial charge in [0.15, 0.2) is 11.6 Å². The number of ether oxygens (including phenoxy) is 1. The monoisotopic (exact) mass is 239 g/mol. The molecule has 0 unspecified atom stereocenters. The second-order valence-corrected chi connectivity index (χ2v) is 3.37. The van der Waals surface area contributed by atoms with E-state index in [0.717, 1.165) is 18.2 Å². The smallest absolute Gasteiger partial charge is 0.201 e. The second kappa shape index (κ2) is 4.37. The molecular weight excluding hydrogens is 231 g/mol. The van der Waals surface area contributed by atoms with E-state index >= 15 is 0 Å². The number of benzene rings is 2. The molecule has 0 spiro atoms. The molecule has 0 bridgehead atoms. The van der Waals surface area contributed by atoms with Gasteiger partial charge >= 0.3 is 0 Å². The van der Waals surface area contributed by atoms with Crippen LogP contribution in [0.2, 0.25) is 0 Å². The van der Waals surface area contributed by atoms with Gasteiger partial charge in [0, 0.05) is 23.9 Å². The highest BCUT2D eigenvalue weighted by atomic mass is 19.2. The van der Waals surface area contributed by atoms with Gasteiger partial charge in [-0.15, -0.1) is 0 Å². The van der Waals surface area contributed by atoms with Crippen LogP contribution in [0.4, 0.5) is 18.9 Å². The van der Waals surface area contributed by atoms with Gasteiger partial charge in [0.25, 0.3) is 0 Å². The van der Waals surface area contributed by atoms with Gasteiger partial charge in [-0.05, 0) is 12.1 Å². The lowest BCUT2D eigenvalue weighted by atomic mass is 10.2. The molecular formula is C12H8F3NO. The molecule has 0 aliphatic carbocycles. The maximum absolute atomic E-state index is 13.3. The molecule has 2 rings (SSSR count). The van der Waals surface area contributed by atoms with Crippen molar-refractivity contribution in [3.8, 4) is 11.5 Å². The average Bonchev–Trinajstić information content (AvgIpc) is 2.25. The van der Waals surface area contributed by atoms with Crippen LogP contribution >= 0.6 is 0 Å². The summed E-state index contributed by atoms with van der Waals surface area (Å²) in [6, 6.07) is 7.05. The van der Waals surface area contributed by atoms with Crippen LogP contribution < -0.4 is 10.5 Å². The summed E-state index contributed by atoms with van der Waals surface area (Å²) in [5.41, 5.74) is 5.37. The van der Waals surface area contributed by atoms with E-state index in [4.69, 9.17) is 10.5 Å². The second-order valence-electron chi connectivity index (χ2n) is 3.37. The number of halogens is 3. The van der Waals surface area contributed by atoms with Crippen LogP contribution in [0.3, 0.4) is 0 Å². The van der Waals surface area contributed by atoms with Gasteiger partial charge in [0.1, 0.15) is 11.6 Å². The van der Waals surface area contributed by atoms with Crippen molar-refractivity contribution in [2.75, 3.05) is 5.73 Å². The maximum Gasteiger partial charge on any atom is 0.201 e. The van der Waals surface area contributed by atoms with Crippen molar-refractivity contribution in [1.82, 2.24) is 0 Å². The number of hydrogen-bond donors (Lipinski definition) is 1. The third-order valence-electron chi connectivity index (χ3n) is 2.04. The summed E-state index contributed by atoms with van der Waals surface area (Å²) in [7, 11) is 0. The number of hydrogen-bond acceptors (Lipinski definition) is 2. The van der Waals surface area contributed by atoms with E-state index in [1.165, 1.54) is 18.2 Å². The predicted molar refractivity (Wildman–Crippen MR) is 57.2 cm³/mol. The molecule has 0 atom stereocenters. The first-order valence-corrected chi connectivity index (χ1v) is 4.74. The topological polar surface area (TPSA) is 35.2 Å². The summed E-state index contributed by atoms with van der Waals surface area (Å²) < 4.78 is 44.2. The third-order valence-corrected chi connectivity index (χ3v) is 2.04. The number of nitrogen functional groups attached to an aromatic ring is 1. The molecule has 2 aromatic rings. The molecule has 17 heavy (non-hydrogen) atoms. The quantitative estimate of drug-likeness (QED) is 0.814. The van der Waals surface area contributed by atoms with Crippen LogP contribution in [0.5, 0.6) is 11.5 Å². The Bertz CT molecular complexity index is 557. The Hall–Kier alpha value is -2.17. The number of anilines is 1. The molecule has 0 aliphatic rings. The first-order chi connectivity index (χ1) is 8.06. The first kappa shape index (κ1) is 11.3. The molecule has 0 aromatic heterocycles. The van der Waals surface area contributed by atoms with Gasteiger partial charge in [0.05, 0.1) is 0 Å². The molecule has 0 fully saturated rings. The fourth-order valence-corrected chi connectivity index (χ4v) is 1.32. The van der Waals surface area contributed by atoms with Crippen LogP contribution in [-0.4, -0.2) is 0 Å². The van der Waals surface area contributed by atoms with Gasteiger partial charge in [-0.1, -0.05) is 6.07 Å².